The van der Waals surface area contributed by atoms with Crippen molar-refractivity contribution in [1.29, 1.82) is 0 Å². The molecule has 0 saturated carbocycles. The molecule has 0 fully saturated rings. The predicted octanol–water partition coefficient (Wildman–Crippen LogP) is 5.58. The summed E-state index contributed by atoms with van der Waals surface area (Å²) in [6, 6.07) is 3.78. The van der Waals surface area contributed by atoms with Crippen LogP contribution in [-0.4, -0.2) is 31.8 Å². The molecule has 1 aliphatic rings. The molecule has 1 heterocycles. The van der Waals surface area contributed by atoms with Crippen LogP contribution in [0.1, 0.15) is 55.6 Å². The zero-order valence-corrected chi connectivity index (χ0v) is 19.7. The van der Waals surface area contributed by atoms with Crippen LogP contribution in [0.4, 0.5) is 5.69 Å². The maximum atomic E-state index is 13.3. The number of nitrogens with zero attached hydrogens (tertiary/aromatic N) is 1. The zero-order valence-electron chi connectivity index (χ0n) is 18.7. The van der Waals surface area contributed by atoms with Crippen molar-refractivity contribution in [3.05, 3.63) is 52.7 Å². The van der Waals surface area contributed by atoms with Gasteiger partial charge in [-0.3, -0.25) is 4.79 Å². The topological polar surface area (TPSA) is 55.6 Å². The van der Waals surface area contributed by atoms with E-state index in [1.54, 1.807) is 0 Å². The van der Waals surface area contributed by atoms with E-state index < -0.39 is 8.32 Å². The predicted molar refractivity (Wildman–Crippen MR) is 121 cm³/mol. The summed E-state index contributed by atoms with van der Waals surface area (Å²) in [4.78, 5) is 15.2. The highest BCUT2D eigenvalue weighted by Gasteiger charge is 2.39. The number of nitrogen functional groups attached to an aromatic ring is 1. The number of hydrogen-bond acceptors (Lipinski definition) is 3. The summed E-state index contributed by atoms with van der Waals surface area (Å²) >= 11 is 0. The molecular formula is C23H36N2O2Si. The van der Waals surface area contributed by atoms with Crippen LogP contribution in [0.2, 0.25) is 18.1 Å². The monoisotopic (exact) mass is 400 g/mol. The van der Waals surface area contributed by atoms with Crippen molar-refractivity contribution in [1.82, 2.24) is 4.90 Å². The van der Waals surface area contributed by atoms with Crippen LogP contribution in [-0.2, 0) is 4.43 Å². The molecular weight excluding hydrogens is 364 g/mol. The number of carbonyl (C=O) groups is 1. The molecule has 4 nitrogen and oxygen atoms in total. The standard InChI is InChI=1S/C23H36N2O2Si/c1-9-10-18-13-19(15-27-28(7,8)23(4,5)6)25(14-18)22(26)20-11-16(2)17(3)12-21(20)24/h9-12,14,19H,13,15,24H2,1-8H3/b10-9+/t19-/m0/s1. The van der Waals surface area contributed by atoms with Gasteiger partial charge in [0.25, 0.3) is 5.91 Å². The number of carbonyl (C=O) groups excluding carboxylic acids is 1. The Morgan fingerprint density at radius 3 is 2.46 bits per heavy atom. The van der Waals surface area contributed by atoms with Crippen LogP contribution >= 0.6 is 0 Å². The highest BCUT2D eigenvalue weighted by molar-refractivity contribution is 6.74. The Hall–Kier alpha value is -1.85. The van der Waals surface area contributed by atoms with Gasteiger partial charge in [0.1, 0.15) is 0 Å². The smallest absolute Gasteiger partial charge is 0.260 e. The molecule has 1 amide bonds. The molecule has 1 aromatic rings. The molecule has 0 spiro atoms. The van der Waals surface area contributed by atoms with Gasteiger partial charge in [0, 0.05) is 11.9 Å². The second kappa shape index (κ2) is 8.25. The van der Waals surface area contributed by atoms with Gasteiger partial charge in [-0.1, -0.05) is 32.9 Å². The molecule has 0 unspecified atom stereocenters. The summed E-state index contributed by atoms with van der Waals surface area (Å²) in [5, 5.41) is 0.137. The molecule has 0 bridgehead atoms. The van der Waals surface area contributed by atoms with E-state index in [1.807, 2.05) is 50.1 Å². The van der Waals surface area contributed by atoms with Crippen LogP contribution in [0.5, 0.6) is 0 Å². The summed E-state index contributed by atoms with van der Waals surface area (Å²) in [5.74, 6) is -0.0519. The first kappa shape index (κ1) is 22.4. The summed E-state index contributed by atoms with van der Waals surface area (Å²) in [6.45, 7) is 17.7. The SMILES string of the molecule is C/C=C/C1=CN(C(=O)c2cc(C)c(C)cc2N)[C@H](CO[Si](C)(C)C(C)(C)C)C1. The van der Waals surface area contributed by atoms with E-state index in [-0.39, 0.29) is 17.0 Å². The number of amides is 1. The fourth-order valence-electron chi connectivity index (χ4n) is 3.08. The van der Waals surface area contributed by atoms with Crippen LogP contribution in [0.3, 0.4) is 0 Å². The third-order valence-corrected chi connectivity index (χ3v) is 10.6. The number of allylic oxidation sites excluding steroid dienone is 2. The molecule has 2 N–H and O–H groups in total. The lowest BCUT2D eigenvalue weighted by Crippen LogP contribution is -2.45. The van der Waals surface area contributed by atoms with Crippen LogP contribution in [0, 0.1) is 13.8 Å². The number of hydrogen-bond donors (Lipinski definition) is 1. The first-order chi connectivity index (χ1) is 12.9. The first-order valence-electron chi connectivity index (χ1n) is 10.0. The number of anilines is 1. The molecule has 1 aromatic carbocycles. The average molecular weight is 401 g/mol. The van der Waals surface area contributed by atoms with Gasteiger partial charge in [-0.15, -0.1) is 0 Å². The number of nitrogens with two attached hydrogens (primary N) is 1. The van der Waals surface area contributed by atoms with Crippen molar-refractivity contribution in [2.24, 2.45) is 0 Å². The fraction of sp³-hybridized carbons (Fsp3) is 0.522. The van der Waals surface area contributed by atoms with E-state index in [9.17, 15) is 4.79 Å². The van der Waals surface area contributed by atoms with Crippen LogP contribution in [0.15, 0.2) is 36.1 Å². The molecule has 1 atom stereocenters. The molecule has 1 aliphatic heterocycles. The van der Waals surface area contributed by atoms with E-state index >= 15 is 0 Å². The molecule has 154 valence electrons. The number of rotatable bonds is 5. The van der Waals surface area contributed by atoms with Crippen molar-refractivity contribution < 1.29 is 9.22 Å². The van der Waals surface area contributed by atoms with Gasteiger partial charge >= 0.3 is 0 Å². The molecule has 28 heavy (non-hydrogen) atoms. The van der Waals surface area contributed by atoms with E-state index in [1.165, 1.54) is 0 Å². The third kappa shape index (κ3) is 4.76. The fourth-order valence-corrected chi connectivity index (χ4v) is 4.12. The van der Waals surface area contributed by atoms with E-state index in [0.29, 0.717) is 17.9 Å². The van der Waals surface area contributed by atoms with Crippen molar-refractivity contribution in [2.75, 3.05) is 12.3 Å². The summed E-state index contributed by atoms with van der Waals surface area (Å²) in [5.41, 5.74) is 10.6. The molecule has 0 saturated heterocycles. The minimum atomic E-state index is -1.89. The Labute approximate surface area is 171 Å². The summed E-state index contributed by atoms with van der Waals surface area (Å²) < 4.78 is 6.45. The van der Waals surface area contributed by atoms with Crippen LogP contribution < -0.4 is 5.73 Å². The van der Waals surface area contributed by atoms with Gasteiger partial charge in [0.2, 0.25) is 0 Å². The molecule has 0 aromatic heterocycles. The normalized spacial score (nSPS) is 18.1. The zero-order chi connectivity index (χ0) is 21.3. The maximum absolute atomic E-state index is 13.3. The lowest BCUT2D eigenvalue weighted by molar-refractivity contribution is 0.0738. The van der Waals surface area contributed by atoms with Crippen molar-refractivity contribution in [3.8, 4) is 0 Å². The number of benzene rings is 1. The average Bonchev–Trinajstić information content (AvgIpc) is 2.98. The van der Waals surface area contributed by atoms with E-state index in [2.05, 4.69) is 39.9 Å². The van der Waals surface area contributed by atoms with Gasteiger partial charge in [-0.25, -0.2) is 0 Å². The minimum Gasteiger partial charge on any atom is -0.415 e. The summed E-state index contributed by atoms with van der Waals surface area (Å²) in [7, 11) is -1.89. The molecule has 5 heteroatoms. The maximum Gasteiger partial charge on any atom is 0.260 e. The number of aryl methyl sites for hydroxylation is 2. The Kier molecular flexibility index (Phi) is 6.61. The van der Waals surface area contributed by atoms with Crippen molar-refractivity contribution in [3.63, 3.8) is 0 Å². The van der Waals surface area contributed by atoms with Gasteiger partial charge in [0.05, 0.1) is 18.2 Å². The minimum absolute atomic E-state index is 0.00571. The third-order valence-electron chi connectivity index (χ3n) is 6.12. The van der Waals surface area contributed by atoms with Gasteiger partial charge in [-0.05, 0) is 74.2 Å². The van der Waals surface area contributed by atoms with Gasteiger partial charge < -0.3 is 15.1 Å². The van der Waals surface area contributed by atoms with Gasteiger partial charge in [0.15, 0.2) is 8.32 Å². The molecule has 0 radical (unpaired) electrons. The molecule has 2 rings (SSSR count). The quantitative estimate of drug-likeness (QED) is 0.518. The first-order valence-corrected chi connectivity index (χ1v) is 12.9. The Balaban J connectivity index is 2.30. The van der Waals surface area contributed by atoms with E-state index in [0.717, 1.165) is 23.1 Å². The Bertz CT molecular complexity index is 804. The Morgan fingerprint density at radius 1 is 1.29 bits per heavy atom. The highest BCUT2D eigenvalue weighted by Crippen LogP contribution is 2.37. The largest absolute Gasteiger partial charge is 0.415 e. The highest BCUT2D eigenvalue weighted by atomic mass is 28.4. The lowest BCUT2D eigenvalue weighted by Gasteiger charge is -2.38. The lowest BCUT2D eigenvalue weighted by atomic mass is 10.0. The van der Waals surface area contributed by atoms with Gasteiger partial charge in [-0.2, -0.15) is 0 Å². The Morgan fingerprint density at radius 2 is 1.89 bits per heavy atom. The van der Waals surface area contributed by atoms with Crippen LogP contribution in [0.25, 0.3) is 0 Å². The second-order valence-electron chi connectivity index (χ2n) is 9.37. The van der Waals surface area contributed by atoms with Crippen molar-refractivity contribution in [2.45, 2.75) is 72.1 Å². The summed E-state index contributed by atoms with van der Waals surface area (Å²) in [6.07, 6.45) is 6.83. The second-order valence-corrected chi connectivity index (χ2v) is 14.2. The van der Waals surface area contributed by atoms with Crippen molar-refractivity contribution >= 4 is 19.9 Å². The van der Waals surface area contributed by atoms with E-state index in [4.69, 9.17) is 10.2 Å². The molecule has 0 aliphatic carbocycles.